The molecule has 1 aliphatic heterocycles. The van der Waals surface area contributed by atoms with Gasteiger partial charge in [0.15, 0.2) is 0 Å². The molecule has 0 radical (unpaired) electrons. The van der Waals surface area contributed by atoms with Crippen LogP contribution in [0.15, 0.2) is 59.7 Å². The van der Waals surface area contributed by atoms with Gasteiger partial charge in [0.25, 0.3) is 5.91 Å². The molecule has 0 saturated heterocycles. The molecule has 1 aliphatic rings. The molecule has 2 N–H and O–H groups in total. The normalized spacial score (nSPS) is 14.2. The van der Waals surface area contributed by atoms with E-state index in [1.807, 2.05) is 0 Å². The summed E-state index contributed by atoms with van der Waals surface area (Å²) in [4.78, 5) is 36.6. The lowest BCUT2D eigenvalue weighted by Crippen LogP contribution is -2.40. The van der Waals surface area contributed by atoms with Crippen LogP contribution in [0.4, 0.5) is 24.5 Å². The number of nitrogens with one attached hydrogen (secondary N) is 2. The van der Waals surface area contributed by atoms with Gasteiger partial charge in [-0.1, -0.05) is 18.2 Å². The Hall–Kier alpha value is -3.69. The van der Waals surface area contributed by atoms with Crippen molar-refractivity contribution in [1.29, 1.82) is 0 Å². The highest BCUT2D eigenvalue weighted by molar-refractivity contribution is 6.43. The van der Waals surface area contributed by atoms with Crippen molar-refractivity contribution in [3.63, 3.8) is 0 Å². The topological polar surface area (TPSA) is 90.9 Å². The van der Waals surface area contributed by atoms with E-state index in [0.29, 0.717) is 5.69 Å². The van der Waals surface area contributed by atoms with Gasteiger partial charge in [-0.05, 0) is 36.4 Å². The van der Waals surface area contributed by atoms with E-state index in [4.69, 9.17) is 0 Å². The molecule has 0 fully saturated rings. The maximum absolute atomic E-state index is 12.6. The van der Waals surface area contributed by atoms with Crippen LogP contribution in [0.2, 0.25) is 0 Å². The second kappa shape index (κ2) is 8.76. The van der Waals surface area contributed by atoms with E-state index in [1.54, 1.807) is 30.3 Å². The molecule has 3 amide bonds. The fraction of sp³-hybridized carbons (Fsp3) is 0.200. The number of anilines is 2. The summed E-state index contributed by atoms with van der Waals surface area (Å²) in [6, 6.07) is 12.6. The van der Waals surface area contributed by atoms with E-state index in [-0.39, 0.29) is 24.2 Å². The standard InChI is InChI=1S/C20H17F3N4O3/c21-20(22,23)13-6-8-15(9-7-13)24-17(28)12-27-18(29)11-10-16(26-27)19(30)25-14-4-2-1-3-5-14/h1-9H,10-12H2,(H,24,28)(H,25,30). The van der Waals surface area contributed by atoms with Gasteiger partial charge in [0, 0.05) is 24.2 Å². The molecule has 0 unspecified atom stereocenters. The highest BCUT2D eigenvalue weighted by Gasteiger charge is 2.30. The molecule has 156 valence electrons. The minimum absolute atomic E-state index is 0.00853. The van der Waals surface area contributed by atoms with Crippen LogP contribution in [0.25, 0.3) is 0 Å². The number of halogens is 3. The second-order valence-corrected chi connectivity index (χ2v) is 6.44. The van der Waals surface area contributed by atoms with Crippen molar-refractivity contribution < 1.29 is 27.6 Å². The minimum Gasteiger partial charge on any atom is -0.324 e. The number of carbonyl (C=O) groups excluding carboxylic acids is 3. The van der Waals surface area contributed by atoms with Crippen molar-refractivity contribution in [3.05, 3.63) is 60.2 Å². The summed E-state index contributed by atoms with van der Waals surface area (Å²) in [5.41, 5.74) is -0.0386. The van der Waals surface area contributed by atoms with E-state index in [9.17, 15) is 27.6 Å². The molecule has 2 aromatic carbocycles. The number of hydrazone groups is 1. The number of hydrogen-bond acceptors (Lipinski definition) is 4. The average Bonchev–Trinajstić information content (AvgIpc) is 2.70. The summed E-state index contributed by atoms with van der Waals surface area (Å²) in [6.45, 7) is -0.470. The third-order valence-corrected chi connectivity index (χ3v) is 4.19. The largest absolute Gasteiger partial charge is 0.416 e. The van der Waals surface area contributed by atoms with Crippen LogP contribution >= 0.6 is 0 Å². The summed E-state index contributed by atoms with van der Waals surface area (Å²) in [5.74, 6) is -1.58. The van der Waals surface area contributed by atoms with Gasteiger partial charge in [-0.15, -0.1) is 0 Å². The molecule has 2 aromatic rings. The zero-order chi connectivity index (χ0) is 21.7. The Bertz CT molecular complexity index is 973. The van der Waals surface area contributed by atoms with Crippen LogP contribution in [0, 0.1) is 0 Å². The lowest BCUT2D eigenvalue weighted by molar-refractivity contribution is -0.137. The van der Waals surface area contributed by atoms with Gasteiger partial charge in [-0.25, -0.2) is 5.01 Å². The van der Waals surface area contributed by atoms with Crippen LogP contribution in [-0.2, 0) is 20.6 Å². The van der Waals surface area contributed by atoms with Crippen molar-refractivity contribution in [2.45, 2.75) is 19.0 Å². The highest BCUT2D eigenvalue weighted by atomic mass is 19.4. The predicted molar refractivity (Wildman–Crippen MR) is 104 cm³/mol. The Morgan fingerprint density at radius 2 is 1.57 bits per heavy atom. The number of amides is 3. The van der Waals surface area contributed by atoms with E-state index >= 15 is 0 Å². The summed E-state index contributed by atoms with van der Waals surface area (Å²) >= 11 is 0. The van der Waals surface area contributed by atoms with Crippen LogP contribution in [0.1, 0.15) is 18.4 Å². The first-order chi connectivity index (χ1) is 14.2. The first-order valence-electron chi connectivity index (χ1n) is 8.94. The summed E-state index contributed by atoms with van der Waals surface area (Å²) in [6.07, 6.45) is -4.34. The van der Waals surface area contributed by atoms with Crippen molar-refractivity contribution in [3.8, 4) is 0 Å². The van der Waals surface area contributed by atoms with Crippen LogP contribution in [0.3, 0.4) is 0 Å². The average molecular weight is 418 g/mol. The molecule has 3 rings (SSSR count). The summed E-state index contributed by atoms with van der Waals surface area (Å²) < 4.78 is 37.8. The molecule has 1 heterocycles. The van der Waals surface area contributed by atoms with Gasteiger partial charge < -0.3 is 10.6 Å². The van der Waals surface area contributed by atoms with Crippen molar-refractivity contribution in [2.75, 3.05) is 17.2 Å². The van der Waals surface area contributed by atoms with E-state index in [0.717, 1.165) is 29.3 Å². The fourth-order valence-electron chi connectivity index (χ4n) is 2.69. The Labute approximate surface area is 169 Å². The number of alkyl halides is 3. The number of rotatable bonds is 5. The first-order valence-corrected chi connectivity index (χ1v) is 8.94. The van der Waals surface area contributed by atoms with E-state index in [1.165, 1.54) is 0 Å². The third kappa shape index (κ3) is 5.43. The minimum atomic E-state index is -4.48. The monoisotopic (exact) mass is 418 g/mol. The molecule has 0 bridgehead atoms. The van der Waals surface area contributed by atoms with E-state index in [2.05, 4.69) is 15.7 Å². The maximum Gasteiger partial charge on any atom is 0.416 e. The summed E-state index contributed by atoms with van der Waals surface area (Å²) in [7, 11) is 0. The Morgan fingerprint density at radius 3 is 2.20 bits per heavy atom. The van der Waals surface area contributed by atoms with Gasteiger partial charge in [0.05, 0.1) is 5.56 Å². The van der Waals surface area contributed by atoms with Gasteiger partial charge >= 0.3 is 6.18 Å². The van der Waals surface area contributed by atoms with Gasteiger partial charge in [-0.3, -0.25) is 14.4 Å². The molecule has 0 aliphatic carbocycles. The number of nitrogens with zero attached hydrogens (tertiary/aromatic N) is 2. The SMILES string of the molecule is O=C(CN1N=C(C(=O)Nc2ccccc2)CCC1=O)Nc1ccc(C(F)(F)F)cc1. The molecular weight excluding hydrogens is 401 g/mol. The van der Waals surface area contributed by atoms with Crippen LogP contribution < -0.4 is 10.6 Å². The lowest BCUT2D eigenvalue weighted by Gasteiger charge is -2.22. The van der Waals surface area contributed by atoms with Crippen molar-refractivity contribution >= 4 is 34.8 Å². The Balaban J connectivity index is 1.62. The third-order valence-electron chi connectivity index (χ3n) is 4.19. The van der Waals surface area contributed by atoms with Crippen molar-refractivity contribution in [2.24, 2.45) is 5.10 Å². The Morgan fingerprint density at radius 1 is 0.933 bits per heavy atom. The highest BCUT2D eigenvalue weighted by Crippen LogP contribution is 2.29. The zero-order valence-corrected chi connectivity index (χ0v) is 15.6. The molecular formula is C20H17F3N4O3. The quantitative estimate of drug-likeness (QED) is 0.781. The number of carbonyl (C=O) groups is 3. The van der Waals surface area contributed by atoms with Crippen LogP contribution in [-0.4, -0.2) is 35.0 Å². The van der Waals surface area contributed by atoms with Gasteiger partial charge in [-0.2, -0.15) is 18.3 Å². The molecule has 0 atom stereocenters. The lowest BCUT2D eigenvalue weighted by atomic mass is 10.1. The maximum atomic E-state index is 12.6. The molecule has 0 saturated carbocycles. The number of benzene rings is 2. The Kier molecular flexibility index (Phi) is 6.14. The molecule has 10 heteroatoms. The first kappa shape index (κ1) is 21.0. The summed E-state index contributed by atoms with van der Waals surface area (Å²) in [5, 5.41) is 9.90. The van der Waals surface area contributed by atoms with Gasteiger partial charge in [0.2, 0.25) is 11.8 Å². The predicted octanol–water partition coefficient (Wildman–Crippen LogP) is 3.26. The number of hydrogen-bond donors (Lipinski definition) is 2. The van der Waals surface area contributed by atoms with Crippen molar-refractivity contribution in [1.82, 2.24) is 5.01 Å². The van der Waals surface area contributed by atoms with Gasteiger partial charge in [0.1, 0.15) is 12.3 Å². The molecule has 7 nitrogen and oxygen atoms in total. The van der Waals surface area contributed by atoms with Crippen LogP contribution in [0.5, 0.6) is 0 Å². The molecule has 0 spiro atoms. The number of para-hydroxylation sites is 1. The van der Waals surface area contributed by atoms with E-state index < -0.39 is 36.0 Å². The fourth-order valence-corrected chi connectivity index (χ4v) is 2.69. The molecule has 30 heavy (non-hydrogen) atoms. The molecule has 0 aromatic heterocycles. The zero-order valence-electron chi connectivity index (χ0n) is 15.6. The smallest absolute Gasteiger partial charge is 0.324 e. The second-order valence-electron chi connectivity index (χ2n) is 6.44.